The number of pyridine rings is 1. The van der Waals surface area contributed by atoms with E-state index in [0.29, 0.717) is 30.2 Å². The maximum absolute atomic E-state index is 12.7. The molecule has 3 rings (SSSR count). The molecule has 0 bridgehead atoms. The molecule has 152 valence electrons. The van der Waals surface area contributed by atoms with Crippen LogP contribution < -0.4 is 9.64 Å². The van der Waals surface area contributed by atoms with E-state index in [1.807, 2.05) is 4.90 Å². The Labute approximate surface area is 165 Å². The number of carboxylic acid groups (broad SMARTS) is 1. The highest BCUT2D eigenvalue weighted by Crippen LogP contribution is 2.32. The van der Waals surface area contributed by atoms with Crippen molar-refractivity contribution in [3.05, 3.63) is 53.2 Å². The van der Waals surface area contributed by atoms with E-state index in [2.05, 4.69) is 11.1 Å². The van der Waals surface area contributed by atoms with Crippen molar-refractivity contribution in [3.8, 4) is 11.8 Å². The van der Waals surface area contributed by atoms with Gasteiger partial charge in [0, 0.05) is 12.5 Å². The third kappa shape index (κ3) is 4.59. The number of halogens is 3. The van der Waals surface area contributed by atoms with Crippen LogP contribution in [0, 0.1) is 18.3 Å². The van der Waals surface area contributed by atoms with Crippen molar-refractivity contribution < 1.29 is 27.8 Å². The summed E-state index contributed by atoms with van der Waals surface area (Å²) in [4.78, 5) is 17.4. The summed E-state index contributed by atoms with van der Waals surface area (Å²) in [6.45, 7) is 1.98. The summed E-state index contributed by atoms with van der Waals surface area (Å²) in [6, 6.07) is 9.45. The largest absolute Gasteiger partial charge is 0.489 e. The van der Waals surface area contributed by atoms with E-state index in [9.17, 15) is 18.0 Å². The van der Waals surface area contributed by atoms with Crippen LogP contribution in [-0.2, 0) is 6.18 Å². The minimum Gasteiger partial charge on any atom is -0.489 e. The van der Waals surface area contributed by atoms with E-state index in [0.717, 1.165) is 12.1 Å². The topological polar surface area (TPSA) is 86.5 Å². The van der Waals surface area contributed by atoms with Gasteiger partial charge in [0.1, 0.15) is 17.7 Å². The van der Waals surface area contributed by atoms with Crippen molar-refractivity contribution in [1.82, 2.24) is 4.98 Å². The third-order valence-corrected chi connectivity index (χ3v) is 4.78. The lowest BCUT2D eigenvalue weighted by molar-refractivity contribution is -0.137. The Kier molecular flexibility index (Phi) is 5.64. The number of rotatable bonds is 5. The number of benzene rings is 1. The summed E-state index contributed by atoms with van der Waals surface area (Å²) in [5, 5.41) is 18.3. The molecule has 1 aromatic carbocycles. The number of hydrogen-bond acceptors (Lipinski definition) is 5. The molecule has 1 saturated heterocycles. The highest BCUT2D eigenvalue weighted by atomic mass is 19.4. The molecule has 1 aliphatic heterocycles. The first kappa shape index (κ1) is 20.5. The maximum atomic E-state index is 12.7. The molecule has 29 heavy (non-hydrogen) atoms. The predicted molar refractivity (Wildman–Crippen MR) is 97.8 cm³/mol. The lowest BCUT2D eigenvalue weighted by Gasteiger charge is -2.24. The van der Waals surface area contributed by atoms with Crippen LogP contribution in [0.25, 0.3) is 0 Å². The van der Waals surface area contributed by atoms with Crippen LogP contribution in [0.1, 0.15) is 34.5 Å². The summed E-state index contributed by atoms with van der Waals surface area (Å²) in [7, 11) is 0. The second-order valence-corrected chi connectivity index (χ2v) is 6.77. The SMILES string of the molecule is Cc1nc(N2C[C@H](Oc3ccc(C(F)(F)F)cc3)C[C@H]2CC#N)ccc1C(=O)O. The van der Waals surface area contributed by atoms with Crippen LogP contribution in [-0.4, -0.2) is 34.8 Å². The Bertz CT molecular complexity index is 939. The van der Waals surface area contributed by atoms with Crippen molar-refractivity contribution in [2.75, 3.05) is 11.4 Å². The van der Waals surface area contributed by atoms with E-state index < -0.39 is 17.7 Å². The predicted octanol–water partition coefficient (Wildman–Crippen LogP) is 4.05. The Hall–Kier alpha value is -3.28. The summed E-state index contributed by atoms with van der Waals surface area (Å²) >= 11 is 0. The first-order valence-corrected chi connectivity index (χ1v) is 8.87. The molecule has 0 spiro atoms. The highest BCUT2D eigenvalue weighted by molar-refractivity contribution is 5.89. The number of nitriles is 1. The van der Waals surface area contributed by atoms with Gasteiger partial charge in [0.25, 0.3) is 0 Å². The molecule has 0 unspecified atom stereocenters. The van der Waals surface area contributed by atoms with Gasteiger partial charge in [0.05, 0.1) is 35.9 Å². The number of aromatic carboxylic acids is 1. The quantitative estimate of drug-likeness (QED) is 0.808. The molecule has 1 N–H and O–H groups in total. The van der Waals surface area contributed by atoms with E-state index >= 15 is 0 Å². The zero-order valence-electron chi connectivity index (χ0n) is 15.5. The van der Waals surface area contributed by atoms with Crippen LogP contribution in [0.4, 0.5) is 19.0 Å². The number of carboxylic acids is 1. The third-order valence-electron chi connectivity index (χ3n) is 4.78. The zero-order valence-corrected chi connectivity index (χ0v) is 15.5. The van der Waals surface area contributed by atoms with Crippen LogP contribution >= 0.6 is 0 Å². The van der Waals surface area contributed by atoms with Gasteiger partial charge in [-0.25, -0.2) is 9.78 Å². The molecule has 9 heteroatoms. The van der Waals surface area contributed by atoms with E-state index in [4.69, 9.17) is 15.1 Å². The fourth-order valence-corrected chi connectivity index (χ4v) is 3.39. The molecular formula is C20H18F3N3O3. The second kappa shape index (κ2) is 7.99. The van der Waals surface area contributed by atoms with E-state index in [1.165, 1.54) is 18.2 Å². The second-order valence-electron chi connectivity index (χ2n) is 6.77. The van der Waals surface area contributed by atoms with Crippen LogP contribution in [0.5, 0.6) is 5.75 Å². The molecule has 2 aromatic rings. The smallest absolute Gasteiger partial charge is 0.416 e. The molecular weight excluding hydrogens is 387 g/mol. The summed E-state index contributed by atoms with van der Waals surface area (Å²) in [5.41, 5.74) is -0.293. The van der Waals surface area contributed by atoms with Crippen LogP contribution in [0.2, 0.25) is 0 Å². The molecule has 1 aromatic heterocycles. The lowest BCUT2D eigenvalue weighted by atomic mass is 10.1. The number of carbonyl (C=O) groups is 1. The lowest BCUT2D eigenvalue weighted by Crippen LogP contribution is -2.31. The summed E-state index contributed by atoms with van der Waals surface area (Å²) in [6.07, 6.45) is -4.04. The van der Waals surface area contributed by atoms with Crippen molar-refractivity contribution in [2.24, 2.45) is 0 Å². The normalized spacial score (nSPS) is 19.1. The van der Waals surface area contributed by atoms with E-state index in [-0.39, 0.29) is 24.1 Å². The average Bonchev–Trinajstić information content (AvgIpc) is 3.03. The van der Waals surface area contributed by atoms with Crippen molar-refractivity contribution >= 4 is 11.8 Å². The first-order valence-electron chi connectivity index (χ1n) is 8.87. The minimum atomic E-state index is -4.41. The Morgan fingerprint density at radius 3 is 2.55 bits per heavy atom. The van der Waals surface area contributed by atoms with Gasteiger partial charge in [0.2, 0.25) is 0 Å². The molecule has 1 fully saturated rings. The average molecular weight is 405 g/mol. The van der Waals surface area contributed by atoms with E-state index in [1.54, 1.807) is 13.0 Å². The molecule has 0 radical (unpaired) electrons. The van der Waals surface area contributed by atoms with Gasteiger partial charge < -0.3 is 14.7 Å². The number of hydrogen-bond donors (Lipinski definition) is 1. The molecule has 0 amide bonds. The Balaban J connectivity index is 1.76. The number of aryl methyl sites for hydroxylation is 1. The van der Waals surface area contributed by atoms with Gasteiger partial charge in [-0.2, -0.15) is 18.4 Å². The maximum Gasteiger partial charge on any atom is 0.416 e. The molecule has 6 nitrogen and oxygen atoms in total. The molecule has 2 heterocycles. The molecule has 2 atom stereocenters. The number of ether oxygens (including phenoxy) is 1. The molecule has 0 aliphatic carbocycles. The van der Waals surface area contributed by atoms with Crippen molar-refractivity contribution in [3.63, 3.8) is 0 Å². The van der Waals surface area contributed by atoms with Crippen molar-refractivity contribution in [2.45, 2.75) is 38.1 Å². The van der Waals surface area contributed by atoms with Gasteiger partial charge in [-0.05, 0) is 43.3 Å². The van der Waals surface area contributed by atoms with Gasteiger partial charge in [-0.1, -0.05) is 0 Å². The van der Waals surface area contributed by atoms with Crippen LogP contribution in [0.15, 0.2) is 36.4 Å². The number of alkyl halides is 3. The van der Waals surface area contributed by atoms with Crippen LogP contribution in [0.3, 0.4) is 0 Å². The molecule has 0 saturated carbocycles. The van der Waals surface area contributed by atoms with Gasteiger partial charge in [-0.15, -0.1) is 0 Å². The summed E-state index contributed by atoms with van der Waals surface area (Å²) in [5.74, 6) is -0.225. The summed E-state index contributed by atoms with van der Waals surface area (Å²) < 4.78 is 43.9. The first-order chi connectivity index (χ1) is 13.7. The number of aromatic nitrogens is 1. The van der Waals surface area contributed by atoms with Gasteiger partial charge in [-0.3, -0.25) is 0 Å². The van der Waals surface area contributed by atoms with Gasteiger partial charge in [0.15, 0.2) is 0 Å². The fourth-order valence-electron chi connectivity index (χ4n) is 3.39. The Morgan fingerprint density at radius 2 is 2.00 bits per heavy atom. The highest BCUT2D eigenvalue weighted by Gasteiger charge is 2.35. The fraction of sp³-hybridized carbons (Fsp3) is 0.350. The number of anilines is 1. The zero-order chi connectivity index (χ0) is 21.2. The van der Waals surface area contributed by atoms with Crippen molar-refractivity contribution in [1.29, 1.82) is 5.26 Å². The monoisotopic (exact) mass is 405 g/mol. The van der Waals surface area contributed by atoms with Gasteiger partial charge >= 0.3 is 12.1 Å². The minimum absolute atomic E-state index is 0.0994. The number of nitrogens with zero attached hydrogens (tertiary/aromatic N) is 3. The standard InChI is InChI=1S/C20H18F3N3O3/c1-12-17(19(27)28)6-7-18(25-12)26-11-16(10-14(26)8-9-24)29-15-4-2-13(3-5-15)20(21,22)23/h2-7,14,16H,8,10-11H2,1H3,(H,27,28)/t14-,16-/m1/s1. The molecule has 1 aliphatic rings. The Morgan fingerprint density at radius 1 is 1.31 bits per heavy atom.